The van der Waals surface area contributed by atoms with E-state index < -0.39 is 0 Å². The van der Waals surface area contributed by atoms with Crippen LogP contribution in [0.4, 0.5) is 0 Å². The minimum Gasteiger partial charge on any atom is -0.276 e. The van der Waals surface area contributed by atoms with Gasteiger partial charge in [0.2, 0.25) is 0 Å². The summed E-state index contributed by atoms with van der Waals surface area (Å²) in [4.78, 5) is 13.0. The number of halogens is 1. The average Bonchev–Trinajstić information content (AvgIpc) is 3.24. The van der Waals surface area contributed by atoms with Crippen molar-refractivity contribution < 1.29 is 4.79 Å². The van der Waals surface area contributed by atoms with Crippen molar-refractivity contribution in [3.63, 3.8) is 0 Å². The molecule has 0 radical (unpaired) electrons. The Morgan fingerprint density at radius 3 is 2.79 bits per heavy atom. The summed E-state index contributed by atoms with van der Waals surface area (Å²) in [7, 11) is 0. The van der Waals surface area contributed by atoms with Crippen LogP contribution in [0.15, 0.2) is 47.6 Å². The normalized spacial score (nSPS) is 11.1. The van der Waals surface area contributed by atoms with Crippen molar-refractivity contribution in [1.29, 1.82) is 0 Å². The summed E-state index contributed by atoms with van der Waals surface area (Å²) in [5, 5.41) is 10.8. The number of hydrogen-bond acceptors (Lipinski definition) is 4. The third-order valence-electron chi connectivity index (χ3n) is 3.42. The maximum atomic E-state index is 12.1. The molecule has 1 aromatic carbocycles. The van der Waals surface area contributed by atoms with Crippen LogP contribution < -0.4 is 5.43 Å². The Balaban J connectivity index is 1.62. The number of amides is 1. The van der Waals surface area contributed by atoms with Crippen LogP contribution in [0.5, 0.6) is 0 Å². The van der Waals surface area contributed by atoms with E-state index in [1.165, 1.54) is 16.9 Å². The predicted octanol–water partition coefficient (Wildman–Crippen LogP) is 4.12. The van der Waals surface area contributed by atoms with Crippen LogP contribution in [0.1, 0.15) is 28.5 Å². The minimum atomic E-state index is -0.374. The van der Waals surface area contributed by atoms with Gasteiger partial charge in [-0.15, -0.1) is 11.3 Å². The maximum Gasteiger partial charge on any atom is 0.291 e. The molecule has 0 atom stereocenters. The maximum absolute atomic E-state index is 12.1. The Morgan fingerprint density at radius 2 is 2.12 bits per heavy atom. The van der Waals surface area contributed by atoms with Crippen LogP contribution in [0.3, 0.4) is 0 Å². The van der Waals surface area contributed by atoms with Crippen LogP contribution >= 0.6 is 22.9 Å². The van der Waals surface area contributed by atoms with Gasteiger partial charge in [-0.25, -0.2) is 5.43 Å². The van der Waals surface area contributed by atoms with Crippen molar-refractivity contribution in [1.82, 2.24) is 15.6 Å². The summed E-state index contributed by atoms with van der Waals surface area (Å²) in [5.74, 6) is -0.374. The molecular formula is C17H15ClN4OS. The van der Waals surface area contributed by atoms with Crippen LogP contribution in [0, 0.1) is 0 Å². The first-order valence-corrected chi connectivity index (χ1v) is 8.58. The number of aromatic nitrogens is 2. The quantitative estimate of drug-likeness (QED) is 0.532. The van der Waals surface area contributed by atoms with E-state index in [-0.39, 0.29) is 11.6 Å². The molecule has 0 spiro atoms. The van der Waals surface area contributed by atoms with Crippen molar-refractivity contribution in [3.05, 3.63) is 63.6 Å². The summed E-state index contributed by atoms with van der Waals surface area (Å²) in [6.45, 7) is 2.10. The highest BCUT2D eigenvalue weighted by atomic mass is 35.5. The van der Waals surface area contributed by atoms with Gasteiger partial charge in [-0.3, -0.25) is 9.89 Å². The fourth-order valence-electron chi connectivity index (χ4n) is 2.09. The summed E-state index contributed by atoms with van der Waals surface area (Å²) in [6.07, 6.45) is 2.59. The smallest absolute Gasteiger partial charge is 0.276 e. The van der Waals surface area contributed by atoms with Gasteiger partial charge in [0, 0.05) is 0 Å². The minimum absolute atomic E-state index is 0.271. The van der Waals surface area contributed by atoms with E-state index in [0.717, 1.165) is 22.6 Å². The molecule has 3 rings (SSSR count). The Hall–Kier alpha value is -2.44. The number of nitrogens with zero attached hydrogens (tertiary/aromatic N) is 2. The van der Waals surface area contributed by atoms with Crippen molar-refractivity contribution in [2.75, 3.05) is 0 Å². The molecule has 5 nitrogen and oxygen atoms in total. The number of aromatic amines is 1. The Labute approximate surface area is 148 Å². The first-order chi connectivity index (χ1) is 11.7. The zero-order valence-electron chi connectivity index (χ0n) is 12.9. The summed E-state index contributed by atoms with van der Waals surface area (Å²) >= 11 is 7.33. The van der Waals surface area contributed by atoms with Gasteiger partial charge in [-0.2, -0.15) is 10.2 Å². The lowest BCUT2D eigenvalue weighted by Gasteiger charge is -1.97. The molecular weight excluding hydrogens is 344 g/mol. The molecule has 0 saturated carbocycles. The highest BCUT2D eigenvalue weighted by Gasteiger charge is 2.11. The Kier molecular flexibility index (Phi) is 5.08. The van der Waals surface area contributed by atoms with Crippen LogP contribution in [0.25, 0.3) is 10.6 Å². The molecule has 3 aromatic rings. The number of nitrogens with one attached hydrogen (secondary N) is 2. The van der Waals surface area contributed by atoms with E-state index in [1.54, 1.807) is 18.3 Å². The lowest BCUT2D eigenvalue weighted by atomic mass is 10.1. The van der Waals surface area contributed by atoms with Crippen LogP contribution in [0.2, 0.25) is 4.34 Å². The molecule has 2 heterocycles. The van der Waals surface area contributed by atoms with E-state index in [1.807, 2.05) is 30.3 Å². The Morgan fingerprint density at radius 1 is 1.33 bits per heavy atom. The number of benzene rings is 1. The molecule has 0 unspecified atom stereocenters. The van der Waals surface area contributed by atoms with Crippen LogP contribution in [-0.4, -0.2) is 22.3 Å². The van der Waals surface area contributed by atoms with Crippen LogP contribution in [-0.2, 0) is 6.42 Å². The molecule has 0 aliphatic heterocycles. The number of hydrogen-bond donors (Lipinski definition) is 2. The fraction of sp³-hybridized carbons (Fsp3) is 0.118. The second-order valence-corrected chi connectivity index (χ2v) is 6.78. The van der Waals surface area contributed by atoms with Gasteiger partial charge in [-0.1, -0.05) is 42.8 Å². The highest BCUT2D eigenvalue weighted by Crippen LogP contribution is 2.29. The lowest BCUT2D eigenvalue weighted by Crippen LogP contribution is -2.17. The number of aryl methyl sites for hydroxylation is 1. The number of rotatable bonds is 5. The van der Waals surface area contributed by atoms with Crippen molar-refractivity contribution >= 4 is 35.1 Å². The topological polar surface area (TPSA) is 70.1 Å². The van der Waals surface area contributed by atoms with Gasteiger partial charge in [-0.05, 0) is 35.7 Å². The number of carbonyl (C=O) groups excluding carboxylic acids is 1. The van der Waals surface area contributed by atoms with Crippen molar-refractivity contribution in [2.24, 2.45) is 5.10 Å². The zero-order chi connectivity index (χ0) is 16.9. The second kappa shape index (κ2) is 7.42. The summed E-state index contributed by atoms with van der Waals surface area (Å²) < 4.78 is 0.685. The zero-order valence-corrected chi connectivity index (χ0v) is 14.5. The standard InChI is InChI=1S/C17H15ClN4OS/c1-2-11-3-5-12(6-4-11)10-19-22-17(23)14-9-13(20-21-14)15-7-8-16(18)24-15/h3-10H,2H2,1H3,(H,20,21)(H,22,23). The lowest BCUT2D eigenvalue weighted by molar-refractivity contribution is 0.0950. The second-order valence-electron chi connectivity index (χ2n) is 5.06. The largest absolute Gasteiger partial charge is 0.291 e. The van der Waals surface area contributed by atoms with Crippen molar-refractivity contribution in [3.8, 4) is 10.6 Å². The number of hydrazone groups is 1. The predicted molar refractivity (Wildman–Crippen MR) is 97.8 cm³/mol. The van der Waals surface area contributed by atoms with Gasteiger partial charge in [0.25, 0.3) is 5.91 Å². The molecule has 0 bridgehead atoms. The SMILES string of the molecule is CCc1ccc(C=NNC(=O)c2cc(-c3ccc(Cl)s3)[nH]n2)cc1. The van der Waals surface area contributed by atoms with Gasteiger partial charge < -0.3 is 0 Å². The number of H-pyrrole nitrogens is 1. The summed E-state index contributed by atoms with van der Waals surface area (Å²) in [6, 6.07) is 13.3. The fourth-order valence-corrected chi connectivity index (χ4v) is 3.09. The van der Waals surface area contributed by atoms with E-state index in [2.05, 4.69) is 27.6 Å². The van der Waals surface area contributed by atoms with Crippen molar-refractivity contribution in [2.45, 2.75) is 13.3 Å². The first kappa shape index (κ1) is 16.4. The van der Waals surface area contributed by atoms with E-state index in [9.17, 15) is 4.79 Å². The average molecular weight is 359 g/mol. The number of carbonyl (C=O) groups is 1. The van der Waals surface area contributed by atoms with E-state index >= 15 is 0 Å². The van der Waals surface area contributed by atoms with Gasteiger partial charge in [0.1, 0.15) is 0 Å². The molecule has 0 saturated heterocycles. The van der Waals surface area contributed by atoms with E-state index in [4.69, 9.17) is 11.6 Å². The first-order valence-electron chi connectivity index (χ1n) is 7.39. The number of thiophene rings is 1. The van der Waals surface area contributed by atoms with Gasteiger partial charge in [0.05, 0.1) is 21.1 Å². The molecule has 0 aliphatic carbocycles. The molecule has 2 N–H and O–H groups in total. The molecule has 1 amide bonds. The highest BCUT2D eigenvalue weighted by molar-refractivity contribution is 7.19. The monoisotopic (exact) mass is 358 g/mol. The van der Waals surface area contributed by atoms with E-state index in [0.29, 0.717) is 4.34 Å². The third kappa shape index (κ3) is 3.90. The molecule has 0 aliphatic rings. The molecule has 122 valence electrons. The molecule has 2 aromatic heterocycles. The van der Waals surface area contributed by atoms with Gasteiger partial charge in [0.15, 0.2) is 5.69 Å². The Bertz CT molecular complexity index is 867. The molecule has 7 heteroatoms. The third-order valence-corrected chi connectivity index (χ3v) is 4.68. The summed E-state index contributed by atoms with van der Waals surface area (Å²) in [5.41, 5.74) is 5.67. The van der Waals surface area contributed by atoms with Gasteiger partial charge >= 0.3 is 0 Å². The molecule has 0 fully saturated rings. The molecule has 24 heavy (non-hydrogen) atoms.